The Bertz CT molecular complexity index is 720. The number of aromatic nitrogens is 2. The lowest BCUT2D eigenvalue weighted by molar-refractivity contribution is -0.119. The van der Waals surface area contributed by atoms with Crippen LogP contribution in [0.4, 0.5) is 5.13 Å². The number of rotatable bonds is 7. The minimum Gasteiger partial charge on any atom is -0.464 e. The van der Waals surface area contributed by atoms with E-state index in [1.54, 1.807) is 0 Å². The van der Waals surface area contributed by atoms with Gasteiger partial charge in [-0.25, -0.2) is 9.78 Å². The van der Waals surface area contributed by atoms with E-state index in [4.69, 9.17) is 4.74 Å². The Hall–Kier alpha value is -2.15. The Morgan fingerprint density at radius 3 is 2.40 bits per heavy atom. The molecule has 7 heteroatoms. The fourth-order valence-electron chi connectivity index (χ4n) is 2.57. The number of methoxy groups -OCH3 is 1. The van der Waals surface area contributed by atoms with Crippen molar-refractivity contribution in [2.75, 3.05) is 12.4 Å². The summed E-state index contributed by atoms with van der Waals surface area (Å²) in [5, 5.41) is 3.30. The van der Waals surface area contributed by atoms with Crippen molar-refractivity contribution in [3.05, 3.63) is 35.1 Å². The molecule has 6 nitrogen and oxygen atoms in total. The first kappa shape index (κ1) is 19.2. The molecule has 2 rings (SSSR count). The number of anilines is 1. The van der Waals surface area contributed by atoms with Crippen molar-refractivity contribution in [3.8, 4) is 0 Å². The first-order valence-corrected chi connectivity index (χ1v) is 9.17. The lowest BCUT2D eigenvalue weighted by Gasteiger charge is -2.19. The van der Waals surface area contributed by atoms with Gasteiger partial charge in [0.2, 0.25) is 5.91 Å². The summed E-state index contributed by atoms with van der Waals surface area (Å²) in [6.07, 6.45) is 4.48. The summed E-state index contributed by atoms with van der Waals surface area (Å²) in [6.45, 7) is 8.12. The highest BCUT2D eigenvalue weighted by Crippen LogP contribution is 2.31. The van der Waals surface area contributed by atoms with Gasteiger partial charge in [-0.05, 0) is 30.4 Å². The summed E-state index contributed by atoms with van der Waals surface area (Å²) in [5.41, 5.74) is 0.277. The van der Waals surface area contributed by atoms with Crippen molar-refractivity contribution >= 4 is 28.3 Å². The molecule has 0 unspecified atom stereocenters. The number of carbonyl (C=O) groups excluding carboxylic acids is 2. The predicted molar refractivity (Wildman–Crippen MR) is 99.1 cm³/mol. The highest BCUT2D eigenvalue weighted by atomic mass is 32.1. The summed E-state index contributed by atoms with van der Waals surface area (Å²) in [7, 11) is 1.33. The first-order chi connectivity index (χ1) is 11.8. The Kier molecular flexibility index (Phi) is 6.36. The summed E-state index contributed by atoms with van der Waals surface area (Å²) in [6, 6.07) is 3.48. The standard InChI is InChI=1S/C18H25N3O3S/c1-11(2)10-13(21-8-6-7-9-21)16(22)20-18-19-14(17(23)24-5)15(25-18)12(3)4/h6-9,11-13H,10H2,1-5H3,(H,19,20,22)/t13-/m1/s1. The first-order valence-electron chi connectivity index (χ1n) is 8.35. The second kappa shape index (κ2) is 8.29. The number of nitrogens with one attached hydrogen (secondary N) is 1. The van der Waals surface area contributed by atoms with Gasteiger partial charge in [0.05, 0.1) is 7.11 Å². The predicted octanol–water partition coefficient (Wildman–Crippen LogP) is 4.08. The van der Waals surface area contributed by atoms with Crippen LogP contribution in [0.1, 0.15) is 61.4 Å². The number of thiazole rings is 1. The number of amides is 1. The van der Waals surface area contributed by atoms with Gasteiger partial charge in [0.25, 0.3) is 0 Å². The van der Waals surface area contributed by atoms with Gasteiger partial charge in [-0.15, -0.1) is 11.3 Å². The molecular weight excluding hydrogens is 338 g/mol. The topological polar surface area (TPSA) is 73.2 Å². The van der Waals surface area contributed by atoms with Gasteiger partial charge in [-0.1, -0.05) is 27.7 Å². The molecule has 2 heterocycles. The molecule has 0 aliphatic rings. The monoisotopic (exact) mass is 363 g/mol. The fourth-order valence-corrected chi connectivity index (χ4v) is 3.53. The average molecular weight is 363 g/mol. The van der Waals surface area contributed by atoms with Gasteiger partial charge in [-0.2, -0.15) is 0 Å². The SMILES string of the molecule is COC(=O)c1nc(NC(=O)[C@@H](CC(C)C)n2cccc2)sc1C(C)C. The summed E-state index contributed by atoms with van der Waals surface area (Å²) in [4.78, 5) is 29.8. The van der Waals surface area contributed by atoms with Crippen molar-refractivity contribution in [2.24, 2.45) is 5.92 Å². The molecule has 1 N–H and O–H groups in total. The largest absolute Gasteiger partial charge is 0.464 e. The van der Waals surface area contributed by atoms with Crippen LogP contribution < -0.4 is 5.32 Å². The number of nitrogens with zero attached hydrogens (tertiary/aromatic N) is 2. The maximum absolute atomic E-state index is 12.8. The zero-order valence-electron chi connectivity index (χ0n) is 15.3. The molecule has 0 radical (unpaired) electrons. The summed E-state index contributed by atoms with van der Waals surface area (Å²) < 4.78 is 6.69. The summed E-state index contributed by atoms with van der Waals surface area (Å²) in [5.74, 6) is -0.130. The molecule has 0 aliphatic heterocycles. The van der Waals surface area contributed by atoms with Crippen molar-refractivity contribution in [1.29, 1.82) is 0 Å². The molecule has 25 heavy (non-hydrogen) atoms. The molecule has 0 spiro atoms. The van der Waals surface area contributed by atoms with Crippen molar-refractivity contribution in [2.45, 2.75) is 46.1 Å². The quantitative estimate of drug-likeness (QED) is 0.752. The molecule has 1 atom stereocenters. The van der Waals surface area contributed by atoms with E-state index in [0.717, 1.165) is 4.88 Å². The van der Waals surface area contributed by atoms with Crippen LogP contribution in [0.5, 0.6) is 0 Å². The molecule has 2 aromatic rings. The van der Waals surface area contributed by atoms with Crippen LogP contribution in [0.3, 0.4) is 0 Å². The second-order valence-corrected chi connectivity index (χ2v) is 7.67. The van der Waals surface area contributed by atoms with Gasteiger partial charge in [0.15, 0.2) is 10.8 Å². The molecule has 0 bridgehead atoms. The van der Waals surface area contributed by atoms with E-state index in [9.17, 15) is 9.59 Å². The van der Waals surface area contributed by atoms with E-state index in [1.165, 1.54) is 18.4 Å². The molecule has 0 fully saturated rings. The molecule has 0 saturated heterocycles. The Morgan fingerprint density at radius 1 is 1.24 bits per heavy atom. The maximum atomic E-state index is 12.8. The molecule has 0 saturated carbocycles. The fraction of sp³-hybridized carbons (Fsp3) is 0.500. The summed E-state index contributed by atoms with van der Waals surface area (Å²) >= 11 is 1.32. The van der Waals surface area contributed by atoms with Crippen LogP contribution in [0.25, 0.3) is 0 Å². The van der Waals surface area contributed by atoms with Gasteiger partial charge >= 0.3 is 5.97 Å². The molecule has 0 aliphatic carbocycles. The number of esters is 1. The van der Waals surface area contributed by atoms with Crippen LogP contribution >= 0.6 is 11.3 Å². The van der Waals surface area contributed by atoms with E-state index in [2.05, 4.69) is 24.1 Å². The van der Waals surface area contributed by atoms with Gasteiger partial charge < -0.3 is 14.6 Å². The molecule has 0 aromatic carbocycles. The minimum atomic E-state index is -0.482. The third kappa shape index (κ3) is 4.69. The van der Waals surface area contributed by atoms with Gasteiger partial charge in [0.1, 0.15) is 6.04 Å². The normalized spacial score (nSPS) is 12.4. The second-order valence-electron chi connectivity index (χ2n) is 6.64. The van der Waals surface area contributed by atoms with E-state index in [0.29, 0.717) is 17.5 Å². The average Bonchev–Trinajstić information content (AvgIpc) is 3.21. The molecule has 2 aromatic heterocycles. The number of hydrogen-bond donors (Lipinski definition) is 1. The van der Waals surface area contributed by atoms with Crippen LogP contribution in [0, 0.1) is 5.92 Å². The Morgan fingerprint density at radius 2 is 1.88 bits per heavy atom. The third-order valence-electron chi connectivity index (χ3n) is 3.77. The molecular formula is C18H25N3O3S. The minimum absolute atomic E-state index is 0.119. The van der Waals surface area contributed by atoms with Crippen molar-refractivity contribution in [1.82, 2.24) is 9.55 Å². The van der Waals surface area contributed by atoms with E-state index < -0.39 is 5.97 Å². The maximum Gasteiger partial charge on any atom is 0.357 e. The van der Waals surface area contributed by atoms with Crippen LogP contribution in [0.2, 0.25) is 0 Å². The van der Waals surface area contributed by atoms with Crippen LogP contribution in [0.15, 0.2) is 24.5 Å². The number of hydrogen-bond acceptors (Lipinski definition) is 5. The Balaban J connectivity index is 2.25. The lowest BCUT2D eigenvalue weighted by atomic mass is 10.0. The number of ether oxygens (including phenoxy) is 1. The van der Waals surface area contributed by atoms with Crippen molar-refractivity contribution < 1.29 is 14.3 Å². The van der Waals surface area contributed by atoms with Gasteiger partial charge in [0, 0.05) is 17.3 Å². The molecule has 136 valence electrons. The van der Waals surface area contributed by atoms with E-state index in [1.807, 2.05) is 42.9 Å². The highest BCUT2D eigenvalue weighted by molar-refractivity contribution is 7.16. The number of carbonyl (C=O) groups is 2. The zero-order valence-corrected chi connectivity index (χ0v) is 16.1. The zero-order chi connectivity index (χ0) is 18.6. The van der Waals surface area contributed by atoms with E-state index in [-0.39, 0.29) is 23.6 Å². The van der Waals surface area contributed by atoms with Crippen LogP contribution in [-0.4, -0.2) is 28.5 Å². The van der Waals surface area contributed by atoms with Crippen molar-refractivity contribution in [3.63, 3.8) is 0 Å². The lowest BCUT2D eigenvalue weighted by Crippen LogP contribution is -2.26. The van der Waals surface area contributed by atoms with Crippen LogP contribution in [-0.2, 0) is 9.53 Å². The highest BCUT2D eigenvalue weighted by Gasteiger charge is 2.25. The smallest absolute Gasteiger partial charge is 0.357 e. The third-order valence-corrected chi connectivity index (χ3v) is 5.04. The van der Waals surface area contributed by atoms with E-state index >= 15 is 0 Å². The molecule has 1 amide bonds. The van der Waals surface area contributed by atoms with Gasteiger partial charge in [-0.3, -0.25) is 4.79 Å². The Labute approximate surface area is 152 Å².